The molecule has 1 aliphatic heterocycles. The second-order valence-corrected chi connectivity index (χ2v) is 7.37. The zero-order valence-corrected chi connectivity index (χ0v) is 16.8. The number of amides is 1. The standard InChI is InChI=1S/C22H24N4O4/c1-29-19-9-7-18(8-10-19)26-20(22(28)30-24-26)21(27)23-17-11-13-25(14-12-17)15-16-5-3-2-4-6-16/h2-10,17H,11-15H2,1H3,(H-,23,24,27,28)/p+1. The first-order valence-corrected chi connectivity index (χ1v) is 9.99. The highest BCUT2D eigenvalue weighted by Crippen LogP contribution is 2.14. The van der Waals surface area contributed by atoms with Crippen molar-refractivity contribution in [1.82, 2.24) is 15.5 Å². The number of nitrogens with one attached hydrogen (secondary N) is 2. The maximum Gasteiger partial charge on any atom is 0.441 e. The van der Waals surface area contributed by atoms with E-state index >= 15 is 0 Å². The fraction of sp³-hybridized carbons (Fsp3) is 0.318. The van der Waals surface area contributed by atoms with Crippen LogP contribution in [0.3, 0.4) is 0 Å². The molecule has 2 N–H and O–H groups in total. The fourth-order valence-electron chi connectivity index (χ4n) is 3.71. The molecule has 0 unspecified atom stereocenters. The van der Waals surface area contributed by atoms with Gasteiger partial charge in [-0.05, 0) is 40.5 Å². The van der Waals surface area contributed by atoms with E-state index in [1.54, 1.807) is 31.4 Å². The summed E-state index contributed by atoms with van der Waals surface area (Å²) in [6.45, 7) is 2.68. The van der Waals surface area contributed by atoms with Gasteiger partial charge in [0, 0.05) is 37.8 Å². The third-order valence-electron chi connectivity index (χ3n) is 5.36. The van der Waals surface area contributed by atoms with Crippen LogP contribution in [0.2, 0.25) is 0 Å². The fourth-order valence-corrected chi connectivity index (χ4v) is 3.71. The van der Waals surface area contributed by atoms with Crippen molar-refractivity contribution in [3.05, 3.63) is 76.3 Å². The smallest absolute Gasteiger partial charge is 0.441 e. The first-order valence-electron chi connectivity index (χ1n) is 9.99. The van der Waals surface area contributed by atoms with Crippen molar-refractivity contribution in [2.75, 3.05) is 20.2 Å². The van der Waals surface area contributed by atoms with Crippen molar-refractivity contribution in [3.63, 3.8) is 0 Å². The number of benzene rings is 2. The number of nitrogens with zero attached hydrogens (tertiary/aromatic N) is 2. The van der Waals surface area contributed by atoms with Crippen LogP contribution in [-0.4, -0.2) is 42.3 Å². The minimum Gasteiger partial charge on any atom is -0.497 e. The van der Waals surface area contributed by atoms with Gasteiger partial charge in [0.15, 0.2) is 0 Å². The number of carbonyl (C=O) groups is 1. The van der Waals surface area contributed by atoms with Crippen molar-refractivity contribution >= 4 is 5.91 Å². The molecule has 8 heteroatoms. The minimum absolute atomic E-state index is 0.0168. The molecule has 1 aromatic heterocycles. The summed E-state index contributed by atoms with van der Waals surface area (Å²) in [6, 6.07) is 17.3. The van der Waals surface area contributed by atoms with Crippen LogP contribution in [-0.2, 0) is 6.54 Å². The van der Waals surface area contributed by atoms with E-state index in [1.165, 1.54) is 10.2 Å². The van der Waals surface area contributed by atoms with E-state index in [2.05, 4.69) is 27.6 Å². The lowest BCUT2D eigenvalue weighted by Gasteiger charge is -2.32. The Labute approximate surface area is 174 Å². The Bertz CT molecular complexity index is 1040. The van der Waals surface area contributed by atoms with Gasteiger partial charge in [0.25, 0.3) is 0 Å². The summed E-state index contributed by atoms with van der Waals surface area (Å²) in [5, 5.41) is 5.49. The molecule has 2 heterocycles. The number of aromatic amines is 1. The van der Waals surface area contributed by atoms with Gasteiger partial charge in [-0.1, -0.05) is 30.3 Å². The van der Waals surface area contributed by atoms with Crippen molar-refractivity contribution in [2.45, 2.75) is 25.4 Å². The van der Waals surface area contributed by atoms with E-state index in [1.807, 2.05) is 18.2 Å². The Hall–Kier alpha value is -3.39. The second kappa shape index (κ2) is 8.96. The molecule has 0 saturated carbocycles. The summed E-state index contributed by atoms with van der Waals surface area (Å²) in [6.07, 6.45) is 1.66. The van der Waals surface area contributed by atoms with Crippen LogP contribution in [0, 0.1) is 0 Å². The topological polar surface area (TPSA) is 91.5 Å². The van der Waals surface area contributed by atoms with Gasteiger partial charge >= 0.3 is 17.2 Å². The van der Waals surface area contributed by atoms with Gasteiger partial charge in [-0.2, -0.15) is 0 Å². The summed E-state index contributed by atoms with van der Waals surface area (Å²) < 4.78 is 11.4. The third kappa shape index (κ3) is 4.44. The molecule has 1 aliphatic rings. The molecule has 1 amide bonds. The minimum atomic E-state index is -0.704. The Balaban J connectivity index is 1.39. The maximum atomic E-state index is 12.8. The molecule has 1 fully saturated rings. The van der Waals surface area contributed by atoms with Crippen molar-refractivity contribution in [2.24, 2.45) is 0 Å². The van der Waals surface area contributed by atoms with Gasteiger partial charge in [-0.15, -0.1) is 0 Å². The highest BCUT2D eigenvalue weighted by atomic mass is 16.5. The Morgan fingerprint density at radius 3 is 2.53 bits per heavy atom. The van der Waals surface area contributed by atoms with Gasteiger partial charge in [0.2, 0.25) is 5.69 Å². The monoisotopic (exact) mass is 409 g/mol. The quantitative estimate of drug-likeness (QED) is 0.604. The number of rotatable bonds is 6. The second-order valence-electron chi connectivity index (χ2n) is 7.37. The zero-order valence-electron chi connectivity index (χ0n) is 16.8. The summed E-state index contributed by atoms with van der Waals surface area (Å²) in [5.41, 5.74) is 1.10. The van der Waals surface area contributed by atoms with E-state index in [4.69, 9.17) is 9.26 Å². The van der Waals surface area contributed by atoms with Crippen LogP contribution in [0.25, 0.3) is 5.69 Å². The number of H-pyrrole nitrogens is 1. The first-order chi connectivity index (χ1) is 14.6. The van der Waals surface area contributed by atoms with Crippen molar-refractivity contribution < 1.29 is 18.7 Å². The molecule has 1 saturated heterocycles. The average Bonchev–Trinajstić information content (AvgIpc) is 3.17. The van der Waals surface area contributed by atoms with Gasteiger partial charge in [0.05, 0.1) is 7.11 Å². The van der Waals surface area contributed by atoms with E-state index in [-0.39, 0.29) is 11.7 Å². The van der Waals surface area contributed by atoms with Crippen LogP contribution in [0.4, 0.5) is 0 Å². The van der Waals surface area contributed by atoms with Gasteiger partial charge < -0.3 is 10.1 Å². The highest BCUT2D eigenvalue weighted by molar-refractivity contribution is 5.90. The van der Waals surface area contributed by atoms with E-state index in [9.17, 15) is 9.59 Å². The SMILES string of the molecule is COc1ccc(-[n+]2[nH]oc(=O)c2C(=O)NC2CCN(Cc3ccccc3)CC2)cc1. The molecule has 30 heavy (non-hydrogen) atoms. The molecule has 0 bridgehead atoms. The summed E-state index contributed by atoms with van der Waals surface area (Å²) in [7, 11) is 1.58. The van der Waals surface area contributed by atoms with Crippen LogP contribution in [0.1, 0.15) is 28.9 Å². The molecule has 2 aromatic carbocycles. The molecule has 3 aromatic rings. The normalized spacial score (nSPS) is 15.1. The molecule has 0 atom stereocenters. The van der Waals surface area contributed by atoms with Crippen LogP contribution in [0.15, 0.2) is 63.9 Å². The Morgan fingerprint density at radius 1 is 1.17 bits per heavy atom. The first kappa shape index (κ1) is 19.9. The molecule has 0 spiro atoms. The lowest BCUT2D eigenvalue weighted by molar-refractivity contribution is -0.672. The zero-order chi connectivity index (χ0) is 20.9. The van der Waals surface area contributed by atoms with Gasteiger partial charge in [-0.25, -0.2) is 4.79 Å². The van der Waals surface area contributed by atoms with E-state index in [0.717, 1.165) is 32.5 Å². The van der Waals surface area contributed by atoms with Crippen LogP contribution in [0.5, 0.6) is 5.75 Å². The van der Waals surface area contributed by atoms with Crippen molar-refractivity contribution in [1.29, 1.82) is 0 Å². The highest BCUT2D eigenvalue weighted by Gasteiger charge is 2.33. The number of methoxy groups -OCH3 is 1. The number of carbonyl (C=O) groups excluding carboxylic acids is 1. The molecular formula is C22H25N4O4+. The van der Waals surface area contributed by atoms with Gasteiger partial charge in [-0.3, -0.25) is 14.2 Å². The molecule has 0 aliphatic carbocycles. The molecule has 0 radical (unpaired) electrons. The summed E-state index contributed by atoms with van der Waals surface area (Å²) in [5.74, 6) is 0.237. The molecule has 156 valence electrons. The molecular weight excluding hydrogens is 384 g/mol. The maximum absolute atomic E-state index is 12.8. The predicted octanol–water partition coefficient (Wildman–Crippen LogP) is 1.65. The van der Waals surface area contributed by atoms with Gasteiger partial charge in [0.1, 0.15) is 5.75 Å². The number of ether oxygens (including phenoxy) is 1. The average molecular weight is 409 g/mol. The Morgan fingerprint density at radius 2 is 1.87 bits per heavy atom. The van der Waals surface area contributed by atoms with Crippen molar-refractivity contribution in [3.8, 4) is 11.4 Å². The summed E-state index contributed by atoms with van der Waals surface area (Å²) in [4.78, 5) is 27.4. The number of aromatic nitrogens is 2. The summed E-state index contributed by atoms with van der Waals surface area (Å²) >= 11 is 0. The molecule has 4 rings (SSSR count). The predicted molar refractivity (Wildman–Crippen MR) is 110 cm³/mol. The largest absolute Gasteiger partial charge is 0.497 e. The number of piperidine rings is 1. The Kier molecular flexibility index (Phi) is 5.94. The number of hydrogen-bond acceptors (Lipinski definition) is 5. The van der Waals surface area contributed by atoms with Crippen LogP contribution >= 0.6 is 0 Å². The number of hydrogen-bond donors (Lipinski definition) is 2. The van der Waals surface area contributed by atoms with E-state index < -0.39 is 11.5 Å². The third-order valence-corrected chi connectivity index (χ3v) is 5.36. The van der Waals surface area contributed by atoms with Crippen LogP contribution < -0.4 is 20.4 Å². The lowest BCUT2D eigenvalue weighted by atomic mass is 10.0. The molecule has 8 nitrogen and oxygen atoms in total. The van der Waals surface area contributed by atoms with E-state index in [0.29, 0.717) is 11.4 Å². The lowest BCUT2D eigenvalue weighted by Crippen LogP contribution is -2.49. The number of likely N-dealkylation sites (tertiary alicyclic amines) is 1.